The summed E-state index contributed by atoms with van der Waals surface area (Å²) in [5.74, 6) is 0. The minimum Gasteiger partial charge on any atom is -0.379 e. The van der Waals surface area contributed by atoms with E-state index in [9.17, 15) is 4.79 Å². The molecule has 1 aromatic carbocycles. The Kier molecular flexibility index (Phi) is 4.18. The molecule has 1 unspecified atom stereocenters. The molecule has 0 aromatic heterocycles. The molecule has 1 aromatic rings. The first-order valence-electron chi connectivity index (χ1n) is 7.27. The molecule has 2 aliphatic rings. The lowest BCUT2D eigenvalue weighted by Crippen LogP contribution is -2.38. The maximum atomic E-state index is 11.8. The number of carbonyl (C=O) groups is 1. The molecule has 3 rings (SSSR count). The van der Waals surface area contributed by atoms with Crippen LogP contribution in [0.1, 0.15) is 24.8 Å². The van der Waals surface area contributed by atoms with E-state index in [1.54, 1.807) is 0 Å². The summed E-state index contributed by atoms with van der Waals surface area (Å²) in [7, 11) is 0. The third-order valence-electron chi connectivity index (χ3n) is 3.65. The van der Waals surface area contributed by atoms with Crippen molar-refractivity contribution >= 4 is 11.7 Å². The highest BCUT2D eigenvalue weighted by Gasteiger charge is 2.20. The predicted molar refractivity (Wildman–Crippen MR) is 77.7 cm³/mol. The lowest BCUT2D eigenvalue weighted by atomic mass is 10.2. The average molecular weight is 275 g/mol. The molecule has 20 heavy (non-hydrogen) atoms. The Bertz CT molecular complexity index is 451. The highest BCUT2D eigenvalue weighted by atomic mass is 16.5. The molecule has 0 radical (unpaired) electrons. The number of benzene rings is 1. The maximum Gasteiger partial charge on any atom is 0.319 e. The van der Waals surface area contributed by atoms with Crippen LogP contribution in [0.25, 0.3) is 0 Å². The molecule has 2 amide bonds. The van der Waals surface area contributed by atoms with E-state index in [1.165, 1.54) is 18.4 Å². The van der Waals surface area contributed by atoms with Gasteiger partial charge in [-0.05, 0) is 37.0 Å². The molecular weight excluding hydrogens is 254 g/mol. The summed E-state index contributed by atoms with van der Waals surface area (Å²) in [6.45, 7) is 2.24. The fraction of sp³-hybridized carbons (Fsp3) is 0.533. The van der Waals surface area contributed by atoms with Gasteiger partial charge in [0, 0.05) is 24.9 Å². The first-order chi connectivity index (χ1) is 9.79. The SMILES string of the molecule is O=C(Nc1ccc(CNC2CC2)cc1)NC1CCOC1. The Balaban J connectivity index is 1.45. The van der Waals surface area contributed by atoms with Gasteiger partial charge in [0.2, 0.25) is 0 Å². The van der Waals surface area contributed by atoms with E-state index in [0.717, 1.165) is 25.3 Å². The molecule has 1 atom stereocenters. The van der Waals surface area contributed by atoms with Gasteiger partial charge >= 0.3 is 6.03 Å². The molecule has 5 heteroatoms. The standard InChI is InChI=1S/C15H21N3O2/c19-15(18-14-7-8-20-10-14)17-13-3-1-11(2-4-13)9-16-12-5-6-12/h1-4,12,14,16H,5-10H2,(H2,17,18,19). The van der Waals surface area contributed by atoms with Crippen LogP contribution in [-0.4, -0.2) is 31.3 Å². The zero-order chi connectivity index (χ0) is 13.8. The summed E-state index contributed by atoms with van der Waals surface area (Å²) < 4.78 is 5.23. The van der Waals surface area contributed by atoms with E-state index < -0.39 is 0 Å². The van der Waals surface area contributed by atoms with Crippen LogP contribution in [0.4, 0.5) is 10.5 Å². The van der Waals surface area contributed by atoms with Crippen molar-refractivity contribution in [1.82, 2.24) is 10.6 Å². The van der Waals surface area contributed by atoms with Crippen molar-refractivity contribution in [1.29, 1.82) is 0 Å². The quantitative estimate of drug-likeness (QED) is 0.768. The summed E-state index contributed by atoms with van der Waals surface area (Å²) in [4.78, 5) is 11.8. The number of anilines is 1. The zero-order valence-corrected chi connectivity index (χ0v) is 11.5. The van der Waals surface area contributed by atoms with Gasteiger partial charge in [-0.15, -0.1) is 0 Å². The molecule has 1 heterocycles. The second-order valence-corrected chi connectivity index (χ2v) is 5.51. The lowest BCUT2D eigenvalue weighted by molar-refractivity contribution is 0.189. The molecule has 0 spiro atoms. The molecule has 1 aliphatic heterocycles. The van der Waals surface area contributed by atoms with Crippen molar-refractivity contribution < 1.29 is 9.53 Å². The number of amides is 2. The Labute approximate surface area is 119 Å². The number of hydrogen-bond acceptors (Lipinski definition) is 3. The van der Waals surface area contributed by atoms with Crippen molar-refractivity contribution in [2.75, 3.05) is 18.5 Å². The Morgan fingerprint density at radius 2 is 1.95 bits per heavy atom. The monoisotopic (exact) mass is 275 g/mol. The molecule has 1 aliphatic carbocycles. The minimum absolute atomic E-state index is 0.136. The van der Waals surface area contributed by atoms with E-state index in [0.29, 0.717) is 12.6 Å². The highest BCUT2D eigenvalue weighted by Crippen LogP contribution is 2.19. The van der Waals surface area contributed by atoms with Gasteiger partial charge < -0.3 is 20.7 Å². The second-order valence-electron chi connectivity index (χ2n) is 5.51. The van der Waals surface area contributed by atoms with Crippen LogP contribution in [0, 0.1) is 0 Å². The van der Waals surface area contributed by atoms with Crippen molar-refractivity contribution in [3.8, 4) is 0 Å². The third-order valence-corrected chi connectivity index (χ3v) is 3.65. The van der Waals surface area contributed by atoms with Gasteiger partial charge in [-0.25, -0.2) is 4.79 Å². The van der Waals surface area contributed by atoms with Crippen molar-refractivity contribution in [2.24, 2.45) is 0 Å². The molecule has 0 bridgehead atoms. The number of nitrogens with one attached hydrogen (secondary N) is 3. The average Bonchev–Trinajstić information content (AvgIpc) is 3.14. The summed E-state index contributed by atoms with van der Waals surface area (Å²) in [5, 5.41) is 9.22. The number of hydrogen-bond donors (Lipinski definition) is 3. The van der Waals surface area contributed by atoms with Crippen LogP contribution >= 0.6 is 0 Å². The Morgan fingerprint density at radius 1 is 1.15 bits per heavy atom. The van der Waals surface area contributed by atoms with Gasteiger partial charge in [-0.1, -0.05) is 12.1 Å². The fourth-order valence-electron chi connectivity index (χ4n) is 2.26. The van der Waals surface area contributed by atoms with E-state index in [2.05, 4.69) is 16.0 Å². The summed E-state index contributed by atoms with van der Waals surface area (Å²) in [6, 6.07) is 8.66. The van der Waals surface area contributed by atoms with Gasteiger partial charge in [0.05, 0.1) is 12.6 Å². The first-order valence-corrected chi connectivity index (χ1v) is 7.27. The van der Waals surface area contributed by atoms with Gasteiger partial charge in [0.1, 0.15) is 0 Å². The minimum atomic E-state index is -0.163. The zero-order valence-electron chi connectivity index (χ0n) is 11.5. The van der Waals surface area contributed by atoms with Crippen LogP contribution in [0.5, 0.6) is 0 Å². The number of carbonyl (C=O) groups excluding carboxylic acids is 1. The number of ether oxygens (including phenoxy) is 1. The molecule has 5 nitrogen and oxygen atoms in total. The van der Waals surface area contributed by atoms with Crippen LogP contribution in [0.15, 0.2) is 24.3 Å². The smallest absolute Gasteiger partial charge is 0.319 e. The van der Waals surface area contributed by atoms with Crippen molar-refractivity contribution in [3.05, 3.63) is 29.8 Å². The molecule has 1 saturated heterocycles. The van der Waals surface area contributed by atoms with E-state index in [1.807, 2.05) is 24.3 Å². The number of urea groups is 1. The fourth-order valence-corrected chi connectivity index (χ4v) is 2.26. The first kappa shape index (κ1) is 13.4. The Hall–Kier alpha value is -1.59. The molecule has 1 saturated carbocycles. The van der Waals surface area contributed by atoms with Crippen molar-refractivity contribution in [3.63, 3.8) is 0 Å². The Morgan fingerprint density at radius 3 is 2.60 bits per heavy atom. The van der Waals surface area contributed by atoms with Crippen LogP contribution in [-0.2, 0) is 11.3 Å². The topological polar surface area (TPSA) is 62.4 Å². The van der Waals surface area contributed by atoms with Crippen molar-refractivity contribution in [2.45, 2.75) is 37.9 Å². The van der Waals surface area contributed by atoms with Crippen LogP contribution in [0.3, 0.4) is 0 Å². The largest absolute Gasteiger partial charge is 0.379 e. The second kappa shape index (κ2) is 6.24. The maximum absolute atomic E-state index is 11.8. The summed E-state index contributed by atoms with van der Waals surface area (Å²) in [6.07, 6.45) is 3.48. The van der Waals surface area contributed by atoms with Gasteiger partial charge in [-0.2, -0.15) is 0 Å². The molecular formula is C15H21N3O2. The van der Waals surface area contributed by atoms with Crippen LogP contribution in [0.2, 0.25) is 0 Å². The molecule has 108 valence electrons. The van der Waals surface area contributed by atoms with E-state index in [4.69, 9.17) is 4.74 Å². The summed E-state index contributed by atoms with van der Waals surface area (Å²) in [5.41, 5.74) is 2.06. The summed E-state index contributed by atoms with van der Waals surface area (Å²) >= 11 is 0. The van der Waals surface area contributed by atoms with Gasteiger partial charge in [0.25, 0.3) is 0 Å². The van der Waals surface area contributed by atoms with E-state index >= 15 is 0 Å². The predicted octanol–water partition coefficient (Wildman–Crippen LogP) is 1.85. The van der Waals surface area contributed by atoms with Gasteiger partial charge in [0.15, 0.2) is 0 Å². The molecule has 2 fully saturated rings. The molecule has 3 N–H and O–H groups in total. The lowest BCUT2D eigenvalue weighted by Gasteiger charge is -2.12. The normalized spacial score (nSPS) is 21.7. The third kappa shape index (κ3) is 3.95. The van der Waals surface area contributed by atoms with Crippen LogP contribution < -0.4 is 16.0 Å². The number of rotatable bonds is 5. The van der Waals surface area contributed by atoms with Gasteiger partial charge in [-0.3, -0.25) is 0 Å². The highest BCUT2D eigenvalue weighted by molar-refractivity contribution is 5.89. The van der Waals surface area contributed by atoms with E-state index in [-0.39, 0.29) is 12.1 Å².